The summed E-state index contributed by atoms with van der Waals surface area (Å²) in [5.41, 5.74) is 3.73. The molecule has 25 heavy (non-hydrogen) atoms. The number of nitrogens with zero attached hydrogens (tertiary/aromatic N) is 4. The van der Waals surface area contributed by atoms with E-state index in [2.05, 4.69) is 4.98 Å². The summed E-state index contributed by atoms with van der Waals surface area (Å²) in [6.45, 7) is 0. The molecule has 1 amide bonds. The van der Waals surface area contributed by atoms with Gasteiger partial charge in [-0.05, 0) is 0 Å². The second-order valence-electron chi connectivity index (χ2n) is 5.85. The lowest BCUT2D eigenvalue weighted by Gasteiger charge is -2.18. The van der Waals surface area contributed by atoms with Crippen molar-refractivity contribution >= 4 is 17.1 Å². The standard InChI is InChI=1S/C13H17N5O7/c1-16-10-4(11(23)17(2)13(16)24)18(3-15-10)12-6(20)5(19)8(25-12)7(21)9(14)22/h3,5-8,12,19-21H,1-2H3,(H2,14,22)/t5-,6+,7-,8+,12-/m0/s1. The Bertz CT molecular complexity index is 960. The van der Waals surface area contributed by atoms with Crippen LogP contribution in [0.1, 0.15) is 6.23 Å². The van der Waals surface area contributed by atoms with Crippen molar-refractivity contribution in [3.05, 3.63) is 27.2 Å². The van der Waals surface area contributed by atoms with Crippen LogP contribution < -0.4 is 17.0 Å². The molecule has 1 saturated heterocycles. The molecule has 0 aliphatic carbocycles. The molecule has 0 aromatic carbocycles. The fourth-order valence-corrected chi connectivity index (χ4v) is 2.90. The normalized spacial score (nSPS) is 27.7. The van der Waals surface area contributed by atoms with Gasteiger partial charge in [0.05, 0.1) is 6.33 Å². The fraction of sp³-hybridized carbons (Fsp3) is 0.538. The third-order valence-corrected chi connectivity index (χ3v) is 4.33. The molecule has 12 heteroatoms. The van der Waals surface area contributed by atoms with Gasteiger partial charge in [0.25, 0.3) is 5.56 Å². The zero-order valence-corrected chi connectivity index (χ0v) is 13.3. The van der Waals surface area contributed by atoms with Gasteiger partial charge in [0.1, 0.15) is 18.3 Å². The van der Waals surface area contributed by atoms with Gasteiger partial charge in [0.2, 0.25) is 5.91 Å². The first kappa shape index (κ1) is 17.3. The van der Waals surface area contributed by atoms with Crippen molar-refractivity contribution in [2.24, 2.45) is 19.8 Å². The molecule has 0 radical (unpaired) electrons. The van der Waals surface area contributed by atoms with E-state index in [0.29, 0.717) is 0 Å². The van der Waals surface area contributed by atoms with Crippen LogP contribution in [-0.4, -0.2) is 64.3 Å². The summed E-state index contributed by atoms with van der Waals surface area (Å²) in [5, 5.41) is 30.0. The maximum absolute atomic E-state index is 12.4. The average molecular weight is 355 g/mol. The molecule has 1 aliphatic heterocycles. The number of aliphatic hydroxyl groups excluding tert-OH is 3. The van der Waals surface area contributed by atoms with Gasteiger partial charge >= 0.3 is 5.69 Å². The van der Waals surface area contributed by atoms with Crippen LogP contribution in [0.4, 0.5) is 0 Å². The van der Waals surface area contributed by atoms with Gasteiger partial charge in [-0.3, -0.25) is 23.3 Å². The van der Waals surface area contributed by atoms with Crippen molar-refractivity contribution in [2.75, 3.05) is 0 Å². The number of nitrogens with two attached hydrogens (primary N) is 1. The van der Waals surface area contributed by atoms with E-state index in [1.807, 2.05) is 0 Å². The van der Waals surface area contributed by atoms with Gasteiger partial charge in [0.15, 0.2) is 23.5 Å². The van der Waals surface area contributed by atoms with Gasteiger partial charge in [0, 0.05) is 14.1 Å². The predicted octanol–water partition coefficient (Wildman–Crippen LogP) is -4.10. The lowest BCUT2D eigenvalue weighted by molar-refractivity contribution is -0.140. The second-order valence-corrected chi connectivity index (χ2v) is 5.85. The molecule has 2 aromatic heterocycles. The monoisotopic (exact) mass is 355 g/mol. The first-order chi connectivity index (χ1) is 11.7. The Balaban J connectivity index is 2.13. The van der Waals surface area contributed by atoms with Gasteiger partial charge in [-0.1, -0.05) is 0 Å². The molecule has 12 nitrogen and oxygen atoms in total. The molecule has 0 spiro atoms. The molecular weight excluding hydrogens is 338 g/mol. The SMILES string of the molecule is Cn1c(=O)c2c(ncn2[C@H]2O[C@@H]([C@H](O)C(N)=O)[C@@H](O)[C@H]2O)n(C)c1=O. The lowest BCUT2D eigenvalue weighted by Crippen LogP contribution is -2.45. The van der Waals surface area contributed by atoms with Crippen molar-refractivity contribution in [3.8, 4) is 0 Å². The summed E-state index contributed by atoms with van der Waals surface area (Å²) in [5.74, 6) is -1.13. The van der Waals surface area contributed by atoms with Crippen molar-refractivity contribution in [1.82, 2.24) is 18.7 Å². The number of amides is 1. The highest BCUT2D eigenvalue weighted by atomic mass is 16.6. The fourth-order valence-electron chi connectivity index (χ4n) is 2.90. The third kappa shape index (κ3) is 2.38. The highest BCUT2D eigenvalue weighted by Gasteiger charge is 2.48. The number of fused-ring (bicyclic) bond motifs is 1. The highest BCUT2D eigenvalue weighted by Crippen LogP contribution is 2.32. The minimum atomic E-state index is -1.85. The van der Waals surface area contributed by atoms with Crippen LogP contribution in [0.3, 0.4) is 0 Å². The summed E-state index contributed by atoms with van der Waals surface area (Å²) < 4.78 is 8.50. The number of rotatable bonds is 3. The number of ether oxygens (including phenoxy) is 1. The van der Waals surface area contributed by atoms with Crippen LogP contribution in [0.25, 0.3) is 11.2 Å². The number of primary amides is 1. The van der Waals surface area contributed by atoms with E-state index >= 15 is 0 Å². The second kappa shape index (κ2) is 5.77. The summed E-state index contributed by atoms with van der Waals surface area (Å²) in [6, 6.07) is 0. The number of aromatic nitrogens is 4. The minimum Gasteiger partial charge on any atom is -0.387 e. The van der Waals surface area contributed by atoms with Crippen molar-refractivity contribution in [3.63, 3.8) is 0 Å². The number of hydrogen-bond donors (Lipinski definition) is 4. The maximum Gasteiger partial charge on any atom is 0.332 e. The topological polar surface area (TPSA) is 175 Å². The minimum absolute atomic E-state index is 0.0462. The largest absolute Gasteiger partial charge is 0.387 e. The number of aryl methyl sites for hydroxylation is 1. The Hall–Kier alpha value is -2.54. The van der Waals surface area contributed by atoms with Gasteiger partial charge in [-0.2, -0.15) is 0 Å². The first-order valence-electron chi connectivity index (χ1n) is 7.28. The number of hydrogen-bond acceptors (Lipinski definition) is 8. The Labute approximate surface area is 139 Å². The van der Waals surface area contributed by atoms with E-state index in [1.54, 1.807) is 0 Å². The Kier molecular flexibility index (Phi) is 3.99. The van der Waals surface area contributed by atoms with Crippen molar-refractivity contribution in [1.29, 1.82) is 0 Å². The molecular formula is C13H17N5O7. The van der Waals surface area contributed by atoms with Crippen LogP contribution in [-0.2, 0) is 23.6 Å². The predicted molar refractivity (Wildman–Crippen MR) is 81.3 cm³/mol. The Morgan fingerprint density at radius 3 is 2.52 bits per heavy atom. The average Bonchev–Trinajstić information content (AvgIpc) is 3.13. The molecule has 3 rings (SSSR count). The van der Waals surface area contributed by atoms with Gasteiger partial charge in [-0.25, -0.2) is 9.78 Å². The van der Waals surface area contributed by atoms with E-state index in [4.69, 9.17) is 10.5 Å². The van der Waals surface area contributed by atoms with Gasteiger partial charge < -0.3 is 25.8 Å². The zero-order valence-electron chi connectivity index (χ0n) is 13.3. The molecule has 1 fully saturated rings. The smallest absolute Gasteiger partial charge is 0.332 e. The first-order valence-corrected chi connectivity index (χ1v) is 7.28. The van der Waals surface area contributed by atoms with Crippen molar-refractivity contribution in [2.45, 2.75) is 30.6 Å². The van der Waals surface area contributed by atoms with Crippen LogP contribution in [0.15, 0.2) is 15.9 Å². The van der Waals surface area contributed by atoms with Crippen molar-refractivity contribution < 1.29 is 24.9 Å². The molecule has 0 saturated carbocycles. The molecule has 5 N–H and O–H groups in total. The Morgan fingerprint density at radius 1 is 1.28 bits per heavy atom. The molecule has 2 aromatic rings. The van der Waals surface area contributed by atoms with E-state index in [-0.39, 0.29) is 11.2 Å². The zero-order chi connectivity index (χ0) is 18.6. The lowest BCUT2D eigenvalue weighted by atomic mass is 10.1. The molecule has 1 aliphatic rings. The summed E-state index contributed by atoms with van der Waals surface area (Å²) in [7, 11) is 2.70. The number of aliphatic hydroxyl groups is 3. The van der Waals surface area contributed by atoms with Crippen LogP contribution in [0.2, 0.25) is 0 Å². The number of carbonyl (C=O) groups is 1. The van der Waals surface area contributed by atoms with E-state index in [0.717, 1.165) is 20.0 Å². The molecule has 5 atom stereocenters. The van der Waals surface area contributed by atoms with Gasteiger partial charge in [-0.15, -0.1) is 0 Å². The van der Waals surface area contributed by atoms with Crippen LogP contribution >= 0.6 is 0 Å². The molecule has 3 heterocycles. The summed E-state index contributed by atoms with van der Waals surface area (Å²) >= 11 is 0. The van der Waals surface area contributed by atoms with E-state index in [1.165, 1.54) is 14.1 Å². The van der Waals surface area contributed by atoms with E-state index in [9.17, 15) is 29.7 Å². The Morgan fingerprint density at radius 2 is 1.92 bits per heavy atom. The van der Waals surface area contributed by atoms with Crippen LogP contribution in [0, 0.1) is 0 Å². The maximum atomic E-state index is 12.4. The summed E-state index contributed by atoms with van der Waals surface area (Å²) in [6.07, 6.45) is -6.68. The highest BCUT2D eigenvalue weighted by molar-refractivity contribution is 5.79. The number of carbonyl (C=O) groups excluding carboxylic acids is 1. The molecule has 136 valence electrons. The van der Waals surface area contributed by atoms with E-state index < -0.39 is 47.8 Å². The van der Waals surface area contributed by atoms with Crippen LogP contribution in [0.5, 0.6) is 0 Å². The summed E-state index contributed by atoms with van der Waals surface area (Å²) in [4.78, 5) is 39.4. The number of imidazole rings is 1. The quantitative estimate of drug-likeness (QED) is 0.429. The third-order valence-electron chi connectivity index (χ3n) is 4.33. The molecule has 0 bridgehead atoms. The molecule has 0 unspecified atom stereocenters.